The minimum absolute atomic E-state index is 0.130. The molecule has 0 aliphatic rings. The molecule has 1 N–H and O–H groups in total. The summed E-state index contributed by atoms with van der Waals surface area (Å²) in [4.78, 5) is 39.9. The first kappa shape index (κ1) is 14.9. The van der Waals surface area contributed by atoms with Crippen LogP contribution >= 0.6 is 11.3 Å². The Bertz CT molecular complexity index is 992. The van der Waals surface area contributed by atoms with Gasteiger partial charge in [0.1, 0.15) is 16.2 Å². The number of fused-ring (bicyclic) bond motifs is 1. The molecular weight excluding hydrogens is 320 g/mol. The second-order valence-corrected chi connectivity index (χ2v) is 5.55. The first-order chi connectivity index (χ1) is 11.0. The molecule has 0 saturated carbocycles. The van der Waals surface area contributed by atoms with Crippen molar-refractivity contribution in [3.05, 3.63) is 67.6 Å². The lowest BCUT2D eigenvalue weighted by molar-refractivity contribution is -0.385. The number of benzene rings is 1. The number of aryl methyl sites for hydroxylation is 1. The Morgan fingerprint density at radius 3 is 2.83 bits per heavy atom. The SMILES string of the molecule is Cc1nc2sccc2c(=O)n1NC(=O)c1ccccc1[N+](=O)[O-]. The summed E-state index contributed by atoms with van der Waals surface area (Å²) >= 11 is 1.32. The van der Waals surface area contributed by atoms with Crippen LogP contribution in [0.15, 0.2) is 40.5 Å². The highest BCUT2D eigenvalue weighted by Crippen LogP contribution is 2.18. The summed E-state index contributed by atoms with van der Waals surface area (Å²) in [6, 6.07) is 7.14. The van der Waals surface area contributed by atoms with Gasteiger partial charge in [-0.1, -0.05) is 12.1 Å². The van der Waals surface area contributed by atoms with Crippen LogP contribution < -0.4 is 11.0 Å². The van der Waals surface area contributed by atoms with E-state index >= 15 is 0 Å². The lowest BCUT2D eigenvalue weighted by Gasteiger charge is -2.11. The summed E-state index contributed by atoms with van der Waals surface area (Å²) in [5, 5.41) is 13.1. The number of para-hydroxylation sites is 1. The van der Waals surface area contributed by atoms with Crippen molar-refractivity contribution in [2.45, 2.75) is 6.92 Å². The van der Waals surface area contributed by atoms with Crippen LogP contribution in [-0.4, -0.2) is 20.5 Å². The van der Waals surface area contributed by atoms with Gasteiger partial charge in [-0.25, -0.2) is 9.66 Å². The van der Waals surface area contributed by atoms with Gasteiger partial charge < -0.3 is 0 Å². The first-order valence-corrected chi connectivity index (χ1v) is 7.38. The number of hydrogen-bond acceptors (Lipinski definition) is 6. The molecule has 0 aliphatic heterocycles. The first-order valence-electron chi connectivity index (χ1n) is 6.50. The van der Waals surface area contributed by atoms with E-state index in [9.17, 15) is 19.7 Å². The Hall–Kier alpha value is -3.07. The third kappa shape index (κ3) is 2.57. The number of carbonyl (C=O) groups is 1. The minimum Gasteiger partial charge on any atom is -0.267 e. The Labute approximate surface area is 133 Å². The normalized spacial score (nSPS) is 10.7. The summed E-state index contributed by atoms with van der Waals surface area (Å²) < 4.78 is 0.994. The monoisotopic (exact) mass is 330 g/mol. The molecule has 1 aromatic carbocycles. The summed E-state index contributed by atoms with van der Waals surface area (Å²) in [6.07, 6.45) is 0. The molecule has 3 rings (SSSR count). The van der Waals surface area contributed by atoms with E-state index in [0.29, 0.717) is 10.2 Å². The number of thiophene rings is 1. The highest BCUT2D eigenvalue weighted by atomic mass is 32.1. The molecule has 0 saturated heterocycles. The number of nitrogens with zero attached hydrogens (tertiary/aromatic N) is 3. The van der Waals surface area contributed by atoms with E-state index in [4.69, 9.17) is 0 Å². The van der Waals surface area contributed by atoms with Crippen LogP contribution in [0.25, 0.3) is 10.2 Å². The van der Waals surface area contributed by atoms with Crippen molar-refractivity contribution in [2.24, 2.45) is 0 Å². The second-order valence-electron chi connectivity index (χ2n) is 4.65. The van der Waals surface area contributed by atoms with Gasteiger partial charge in [-0.05, 0) is 24.4 Å². The molecule has 2 heterocycles. The maximum absolute atomic E-state index is 12.4. The highest BCUT2D eigenvalue weighted by molar-refractivity contribution is 7.16. The van der Waals surface area contributed by atoms with Gasteiger partial charge in [-0.3, -0.25) is 25.1 Å². The average molecular weight is 330 g/mol. The zero-order chi connectivity index (χ0) is 16.6. The van der Waals surface area contributed by atoms with E-state index in [-0.39, 0.29) is 17.1 Å². The number of nitro groups is 1. The molecule has 1 amide bonds. The maximum atomic E-state index is 12.4. The van der Waals surface area contributed by atoms with Gasteiger partial charge in [-0.15, -0.1) is 11.3 Å². The van der Waals surface area contributed by atoms with E-state index in [1.54, 1.807) is 18.4 Å². The van der Waals surface area contributed by atoms with Crippen molar-refractivity contribution in [3.8, 4) is 0 Å². The lowest BCUT2D eigenvalue weighted by atomic mass is 10.2. The van der Waals surface area contributed by atoms with Crippen LogP contribution in [0, 0.1) is 17.0 Å². The molecule has 3 aromatic rings. The molecule has 0 unspecified atom stereocenters. The highest BCUT2D eigenvalue weighted by Gasteiger charge is 2.20. The summed E-state index contributed by atoms with van der Waals surface area (Å²) in [6.45, 7) is 1.57. The molecule has 0 bridgehead atoms. The molecule has 116 valence electrons. The van der Waals surface area contributed by atoms with E-state index in [1.165, 1.54) is 35.6 Å². The number of carbonyl (C=O) groups excluding carboxylic acids is 1. The molecule has 0 radical (unpaired) electrons. The van der Waals surface area contributed by atoms with E-state index in [1.807, 2.05) is 0 Å². The quantitative estimate of drug-likeness (QED) is 0.584. The molecule has 0 spiro atoms. The largest absolute Gasteiger partial charge is 0.282 e. The average Bonchev–Trinajstić information content (AvgIpc) is 2.99. The van der Waals surface area contributed by atoms with Gasteiger partial charge in [-0.2, -0.15) is 0 Å². The van der Waals surface area contributed by atoms with Crippen LogP contribution in [0.1, 0.15) is 16.2 Å². The van der Waals surface area contributed by atoms with Gasteiger partial charge in [0.25, 0.3) is 17.2 Å². The second kappa shape index (κ2) is 5.61. The standard InChI is InChI=1S/C14H10N4O4S/c1-8-15-13-10(6-7-23-13)14(20)17(8)16-12(19)9-4-2-3-5-11(9)18(21)22/h2-7H,1H3,(H,16,19). The number of rotatable bonds is 3. The number of nitro benzene ring substituents is 1. The molecule has 8 nitrogen and oxygen atoms in total. The number of hydrogen-bond donors (Lipinski definition) is 1. The Kier molecular flexibility index (Phi) is 3.62. The lowest BCUT2D eigenvalue weighted by Crippen LogP contribution is -2.35. The smallest absolute Gasteiger partial charge is 0.267 e. The van der Waals surface area contributed by atoms with Crippen molar-refractivity contribution in [1.29, 1.82) is 0 Å². The van der Waals surface area contributed by atoms with E-state index in [0.717, 1.165) is 4.68 Å². The van der Waals surface area contributed by atoms with Gasteiger partial charge in [0, 0.05) is 6.07 Å². The Morgan fingerprint density at radius 2 is 2.09 bits per heavy atom. The molecule has 0 atom stereocenters. The number of amides is 1. The fourth-order valence-corrected chi connectivity index (χ4v) is 2.93. The van der Waals surface area contributed by atoms with Crippen LogP contribution in [0.2, 0.25) is 0 Å². The predicted molar refractivity (Wildman–Crippen MR) is 85.4 cm³/mol. The van der Waals surface area contributed by atoms with E-state index < -0.39 is 16.4 Å². The number of nitrogens with one attached hydrogen (secondary N) is 1. The molecule has 9 heteroatoms. The third-order valence-corrected chi connectivity index (χ3v) is 4.03. The van der Waals surface area contributed by atoms with Crippen LogP contribution in [0.4, 0.5) is 5.69 Å². The Balaban J connectivity index is 2.05. The maximum Gasteiger partial charge on any atom is 0.282 e. The fourth-order valence-electron chi connectivity index (χ4n) is 2.13. The molecule has 0 aliphatic carbocycles. The predicted octanol–water partition coefficient (Wildman–Crippen LogP) is 2.06. The van der Waals surface area contributed by atoms with E-state index in [2.05, 4.69) is 10.4 Å². The van der Waals surface area contributed by atoms with Crippen LogP contribution in [-0.2, 0) is 0 Å². The molecule has 2 aromatic heterocycles. The van der Waals surface area contributed by atoms with Gasteiger partial charge >= 0.3 is 0 Å². The zero-order valence-corrected chi connectivity index (χ0v) is 12.7. The number of aromatic nitrogens is 2. The van der Waals surface area contributed by atoms with Crippen LogP contribution in [0.5, 0.6) is 0 Å². The van der Waals surface area contributed by atoms with Gasteiger partial charge in [0.15, 0.2) is 0 Å². The van der Waals surface area contributed by atoms with Crippen molar-refractivity contribution in [1.82, 2.24) is 9.66 Å². The summed E-state index contributed by atoms with van der Waals surface area (Å²) in [5.41, 5.74) is 1.48. The molecule has 0 fully saturated rings. The Morgan fingerprint density at radius 1 is 1.35 bits per heavy atom. The van der Waals surface area contributed by atoms with Gasteiger partial charge in [0.05, 0.1) is 10.3 Å². The molecular formula is C14H10N4O4S. The topological polar surface area (TPSA) is 107 Å². The minimum atomic E-state index is -0.751. The van der Waals surface area contributed by atoms with Gasteiger partial charge in [0.2, 0.25) is 0 Å². The molecule has 23 heavy (non-hydrogen) atoms. The van der Waals surface area contributed by atoms with Crippen molar-refractivity contribution in [3.63, 3.8) is 0 Å². The summed E-state index contributed by atoms with van der Waals surface area (Å²) in [7, 11) is 0. The fraction of sp³-hybridized carbons (Fsp3) is 0.0714. The van der Waals surface area contributed by atoms with Crippen molar-refractivity contribution < 1.29 is 9.72 Å². The zero-order valence-electron chi connectivity index (χ0n) is 11.8. The van der Waals surface area contributed by atoms with Crippen LogP contribution in [0.3, 0.4) is 0 Å². The van der Waals surface area contributed by atoms with Crippen molar-refractivity contribution in [2.75, 3.05) is 5.43 Å². The van der Waals surface area contributed by atoms with Crippen molar-refractivity contribution >= 4 is 33.1 Å². The third-order valence-electron chi connectivity index (χ3n) is 3.22. The summed E-state index contributed by atoms with van der Waals surface area (Å²) in [5.74, 6) is -0.462.